The second kappa shape index (κ2) is 6.98. The Hall–Kier alpha value is -2.96. The molecule has 2 amide bonds. The molecule has 0 aliphatic carbocycles. The summed E-state index contributed by atoms with van der Waals surface area (Å²) in [6.45, 7) is 2.36. The zero-order valence-electron chi connectivity index (χ0n) is 15.3. The van der Waals surface area contributed by atoms with Crippen LogP contribution in [0.15, 0.2) is 42.7 Å². The summed E-state index contributed by atoms with van der Waals surface area (Å²) in [5.74, 6) is 0.853. The largest absolute Gasteiger partial charge is 0.497 e. The van der Waals surface area contributed by atoms with Gasteiger partial charge >= 0.3 is 0 Å². The number of benzene rings is 1. The van der Waals surface area contributed by atoms with Gasteiger partial charge in [0.2, 0.25) is 5.91 Å². The third-order valence-corrected chi connectivity index (χ3v) is 5.58. The lowest BCUT2D eigenvalue weighted by molar-refractivity contribution is -0.135. The van der Waals surface area contributed by atoms with Crippen molar-refractivity contribution in [1.29, 1.82) is 0 Å². The summed E-state index contributed by atoms with van der Waals surface area (Å²) in [6.07, 6.45) is 4.48. The minimum Gasteiger partial charge on any atom is -0.497 e. The quantitative estimate of drug-likeness (QED) is 0.824. The van der Waals surface area contributed by atoms with Crippen LogP contribution in [0.2, 0.25) is 0 Å². The summed E-state index contributed by atoms with van der Waals surface area (Å²) in [4.78, 5) is 29.5. The number of carbonyl (C=O) groups is 2. The predicted molar refractivity (Wildman–Crippen MR) is 98.0 cm³/mol. The molecule has 140 valence electrons. The first kappa shape index (κ1) is 17.5. The Morgan fingerprint density at radius 3 is 2.85 bits per heavy atom. The van der Waals surface area contributed by atoms with E-state index in [-0.39, 0.29) is 11.8 Å². The lowest BCUT2D eigenvalue weighted by Crippen LogP contribution is -2.38. The molecule has 2 aliphatic heterocycles. The first-order chi connectivity index (χ1) is 13.1. The summed E-state index contributed by atoms with van der Waals surface area (Å²) in [7, 11) is 1.64. The van der Waals surface area contributed by atoms with Gasteiger partial charge < -0.3 is 14.5 Å². The first-order valence-electron chi connectivity index (χ1n) is 9.10. The summed E-state index contributed by atoms with van der Waals surface area (Å²) < 4.78 is 5.26. The highest BCUT2D eigenvalue weighted by atomic mass is 16.5. The van der Waals surface area contributed by atoms with Crippen LogP contribution in [0.4, 0.5) is 0 Å². The van der Waals surface area contributed by atoms with E-state index in [1.165, 1.54) is 12.4 Å². The number of methoxy groups -OCH3 is 1. The van der Waals surface area contributed by atoms with Crippen molar-refractivity contribution in [1.82, 2.24) is 20.0 Å². The molecular formula is C20H22N4O3. The Labute approximate surface area is 157 Å². The normalized spacial score (nSPS) is 21.9. The molecule has 0 radical (unpaired) electrons. The third kappa shape index (κ3) is 3.25. The zero-order chi connectivity index (χ0) is 18.9. The molecule has 1 aromatic carbocycles. The van der Waals surface area contributed by atoms with E-state index >= 15 is 0 Å². The van der Waals surface area contributed by atoms with Gasteiger partial charge in [0.1, 0.15) is 5.75 Å². The smallest absolute Gasteiger partial charge is 0.255 e. The Bertz CT molecular complexity index is 857. The highest BCUT2D eigenvalue weighted by Gasteiger charge is 2.51. The molecule has 0 saturated carbocycles. The number of ether oxygens (including phenoxy) is 1. The maximum absolute atomic E-state index is 13.1. The van der Waals surface area contributed by atoms with Crippen molar-refractivity contribution in [2.24, 2.45) is 5.41 Å². The van der Waals surface area contributed by atoms with Crippen molar-refractivity contribution in [3.8, 4) is 5.75 Å². The van der Waals surface area contributed by atoms with Crippen LogP contribution in [0.3, 0.4) is 0 Å². The molecule has 0 N–H and O–H groups in total. The SMILES string of the molecule is COc1cccc(CN2CC[C@@]3(CCN(C(=O)c4ccnnc4)C3)C2=O)c1. The maximum atomic E-state index is 13.1. The van der Waals surface area contributed by atoms with Gasteiger partial charge in [0, 0.05) is 26.2 Å². The second-order valence-corrected chi connectivity index (χ2v) is 7.22. The van der Waals surface area contributed by atoms with Crippen LogP contribution in [-0.2, 0) is 11.3 Å². The van der Waals surface area contributed by atoms with Crippen LogP contribution >= 0.6 is 0 Å². The van der Waals surface area contributed by atoms with Gasteiger partial charge in [0.05, 0.1) is 30.5 Å². The van der Waals surface area contributed by atoms with E-state index in [1.54, 1.807) is 18.1 Å². The number of carbonyl (C=O) groups excluding carboxylic acids is 2. The number of hydrogen-bond acceptors (Lipinski definition) is 5. The van der Waals surface area contributed by atoms with Crippen molar-refractivity contribution in [3.63, 3.8) is 0 Å². The molecule has 4 rings (SSSR count). The van der Waals surface area contributed by atoms with Crippen molar-refractivity contribution in [2.45, 2.75) is 19.4 Å². The average Bonchev–Trinajstić information content (AvgIpc) is 3.28. The van der Waals surface area contributed by atoms with Gasteiger partial charge in [-0.2, -0.15) is 10.2 Å². The van der Waals surface area contributed by atoms with Crippen molar-refractivity contribution < 1.29 is 14.3 Å². The van der Waals surface area contributed by atoms with E-state index in [4.69, 9.17) is 4.74 Å². The van der Waals surface area contributed by atoms with E-state index in [2.05, 4.69) is 10.2 Å². The average molecular weight is 366 g/mol. The third-order valence-electron chi connectivity index (χ3n) is 5.58. The molecular weight excluding hydrogens is 344 g/mol. The van der Waals surface area contributed by atoms with E-state index in [1.807, 2.05) is 29.2 Å². The Morgan fingerprint density at radius 2 is 2.07 bits per heavy atom. The summed E-state index contributed by atoms with van der Waals surface area (Å²) in [5.41, 5.74) is 1.11. The molecule has 7 heteroatoms. The fraction of sp³-hybridized carbons (Fsp3) is 0.400. The molecule has 27 heavy (non-hydrogen) atoms. The van der Waals surface area contributed by atoms with Gasteiger partial charge in [0.15, 0.2) is 0 Å². The first-order valence-corrected chi connectivity index (χ1v) is 9.10. The fourth-order valence-electron chi connectivity index (χ4n) is 4.06. The Morgan fingerprint density at radius 1 is 1.22 bits per heavy atom. The minimum atomic E-state index is -0.449. The van der Waals surface area contributed by atoms with Gasteiger partial charge in [-0.05, 0) is 36.6 Å². The molecule has 7 nitrogen and oxygen atoms in total. The molecule has 3 heterocycles. The molecule has 1 aromatic heterocycles. The molecule has 2 aromatic rings. The summed E-state index contributed by atoms with van der Waals surface area (Å²) in [6, 6.07) is 9.45. The lowest BCUT2D eigenvalue weighted by atomic mass is 9.85. The van der Waals surface area contributed by atoms with Crippen LogP contribution in [0.1, 0.15) is 28.8 Å². The van der Waals surface area contributed by atoms with Crippen LogP contribution in [-0.4, -0.2) is 58.6 Å². The van der Waals surface area contributed by atoms with Gasteiger partial charge in [-0.3, -0.25) is 9.59 Å². The number of likely N-dealkylation sites (tertiary alicyclic amines) is 2. The maximum Gasteiger partial charge on any atom is 0.255 e. The van der Waals surface area contributed by atoms with E-state index in [0.29, 0.717) is 31.6 Å². The van der Waals surface area contributed by atoms with Crippen LogP contribution in [0, 0.1) is 5.41 Å². The van der Waals surface area contributed by atoms with E-state index < -0.39 is 5.41 Å². The highest BCUT2D eigenvalue weighted by Crippen LogP contribution is 2.41. The Balaban J connectivity index is 1.44. The van der Waals surface area contributed by atoms with Gasteiger partial charge in [0.25, 0.3) is 5.91 Å². The number of amides is 2. The van der Waals surface area contributed by atoms with Crippen LogP contribution in [0.25, 0.3) is 0 Å². The summed E-state index contributed by atoms with van der Waals surface area (Å²) >= 11 is 0. The molecule has 2 fully saturated rings. The molecule has 1 spiro atoms. The van der Waals surface area contributed by atoms with Crippen molar-refractivity contribution >= 4 is 11.8 Å². The van der Waals surface area contributed by atoms with Gasteiger partial charge in [-0.15, -0.1) is 0 Å². The Kier molecular flexibility index (Phi) is 4.51. The van der Waals surface area contributed by atoms with Crippen LogP contribution in [0.5, 0.6) is 5.75 Å². The monoisotopic (exact) mass is 366 g/mol. The standard InChI is InChI=1S/C20H22N4O3/c1-27-17-4-2-3-15(11-17)13-23-9-6-20(19(23)26)7-10-24(14-20)18(25)16-5-8-21-22-12-16/h2-5,8,11-12H,6-7,9-10,13-14H2,1H3/t20-/m0/s1. The highest BCUT2D eigenvalue weighted by molar-refractivity contribution is 5.95. The second-order valence-electron chi connectivity index (χ2n) is 7.22. The summed E-state index contributed by atoms with van der Waals surface area (Å²) in [5, 5.41) is 7.48. The molecule has 0 bridgehead atoms. The number of rotatable bonds is 4. The molecule has 2 aliphatic rings. The minimum absolute atomic E-state index is 0.0826. The van der Waals surface area contributed by atoms with Crippen molar-refractivity contribution in [3.05, 3.63) is 53.9 Å². The topological polar surface area (TPSA) is 75.6 Å². The van der Waals surface area contributed by atoms with E-state index in [9.17, 15) is 9.59 Å². The molecule has 1 atom stereocenters. The number of hydrogen-bond donors (Lipinski definition) is 0. The fourth-order valence-corrected chi connectivity index (χ4v) is 4.06. The number of nitrogens with zero attached hydrogens (tertiary/aromatic N) is 4. The number of aromatic nitrogens is 2. The van der Waals surface area contributed by atoms with Crippen molar-refractivity contribution in [2.75, 3.05) is 26.7 Å². The van der Waals surface area contributed by atoms with Gasteiger partial charge in [-0.1, -0.05) is 12.1 Å². The zero-order valence-corrected chi connectivity index (χ0v) is 15.3. The molecule has 0 unspecified atom stereocenters. The lowest BCUT2D eigenvalue weighted by Gasteiger charge is -2.24. The predicted octanol–water partition coefficient (Wildman–Crippen LogP) is 1.75. The molecule has 2 saturated heterocycles. The van der Waals surface area contributed by atoms with Gasteiger partial charge in [-0.25, -0.2) is 0 Å². The van der Waals surface area contributed by atoms with E-state index in [0.717, 1.165) is 24.3 Å². The van der Waals surface area contributed by atoms with Crippen LogP contribution < -0.4 is 4.74 Å².